The third kappa shape index (κ3) is 3.49. The van der Waals surface area contributed by atoms with E-state index in [1.54, 1.807) is 7.05 Å². The molecular formula is C8H17NO. The predicted molar refractivity (Wildman–Crippen MR) is 42.7 cm³/mol. The molecule has 10 heavy (non-hydrogen) atoms. The first-order valence-corrected chi connectivity index (χ1v) is 3.78. The Bertz CT molecular complexity index is 110. The highest BCUT2D eigenvalue weighted by Crippen LogP contribution is 2.12. The number of carbonyl (C=O) groups excluding carboxylic acids is 1. The fourth-order valence-electron chi connectivity index (χ4n) is 0.630. The van der Waals surface area contributed by atoms with E-state index in [1.807, 2.05) is 0 Å². The first-order chi connectivity index (χ1) is 4.57. The highest BCUT2D eigenvalue weighted by molar-refractivity contribution is 5.75. The summed E-state index contributed by atoms with van der Waals surface area (Å²) in [5.74, 6) is 1.22. The summed E-state index contributed by atoms with van der Waals surface area (Å²) in [5.41, 5.74) is 0. The molecule has 0 saturated carbocycles. The first kappa shape index (κ1) is 9.47. The molecule has 1 atom stereocenters. The van der Waals surface area contributed by atoms with E-state index in [-0.39, 0.29) is 5.91 Å². The van der Waals surface area contributed by atoms with Crippen molar-refractivity contribution in [2.45, 2.75) is 27.2 Å². The van der Waals surface area contributed by atoms with Gasteiger partial charge >= 0.3 is 0 Å². The Kier molecular flexibility index (Phi) is 4.08. The van der Waals surface area contributed by atoms with E-state index in [4.69, 9.17) is 0 Å². The van der Waals surface area contributed by atoms with Crippen LogP contribution in [0, 0.1) is 11.8 Å². The monoisotopic (exact) mass is 143 g/mol. The third-order valence-electron chi connectivity index (χ3n) is 1.92. The molecule has 0 rings (SSSR count). The van der Waals surface area contributed by atoms with Gasteiger partial charge in [-0.25, -0.2) is 0 Å². The highest BCUT2D eigenvalue weighted by atomic mass is 16.1. The van der Waals surface area contributed by atoms with Crippen molar-refractivity contribution in [2.75, 3.05) is 7.05 Å². The highest BCUT2D eigenvalue weighted by Gasteiger charge is 2.10. The molecule has 0 heterocycles. The van der Waals surface area contributed by atoms with E-state index in [1.165, 1.54) is 0 Å². The van der Waals surface area contributed by atoms with Gasteiger partial charge in [0.05, 0.1) is 0 Å². The molecule has 0 aliphatic rings. The third-order valence-corrected chi connectivity index (χ3v) is 1.92. The molecular weight excluding hydrogens is 126 g/mol. The van der Waals surface area contributed by atoms with Crippen LogP contribution < -0.4 is 5.32 Å². The smallest absolute Gasteiger partial charge is 0.220 e. The zero-order valence-electron chi connectivity index (χ0n) is 7.27. The molecule has 60 valence electrons. The summed E-state index contributed by atoms with van der Waals surface area (Å²) in [6, 6.07) is 0. The van der Waals surface area contributed by atoms with Crippen molar-refractivity contribution in [1.29, 1.82) is 0 Å². The van der Waals surface area contributed by atoms with Crippen molar-refractivity contribution in [3.8, 4) is 0 Å². The summed E-state index contributed by atoms with van der Waals surface area (Å²) in [6.45, 7) is 6.36. The number of rotatable bonds is 3. The minimum absolute atomic E-state index is 0.140. The largest absolute Gasteiger partial charge is 0.359 e. The molecule has 0 aromatic rings. The SMILES string of the molecule is CNC(=O)C[C@H](C)C(C)C. The molecule has 0 spiro atoms. The molecule has 0 aromatic carbocycles. The van der Waals surface area contributed by atoms with Crippen LogP contribution in [0.1, 0.15) is 27.2 Å². The molecule has 0 aliphatic heterocycles. The average molecular weight is 143 g/mol. The summed E-state index contributed by atoms with van der Waals surface area (Å²) in [7, 11) is 1.68. The maximum atomic E-state index is 10.8. The number of amides is 1. The summed E-state index contributed by atoms with van der Waals surface area (Å²) >= 11 is 0. The van der Waals surface area contributed by atoms with Crippen LogP contribution >= 0.6 is 0 Å². The van der Waals surface area contributed by atoms with Gasteiger partial charge in [0.25, 0.3) is 0 Å². The Hall–Kier alpha value is -0.530. The maximum Gasteiger partial charge on any atom is 0.220 e. The molecule has 2 heteroatoms. The zero-order chi connectivity index (χ0) is 8.15. The second-order valence-electron chi connectivity index (χ2n) is 3.10. The van der Waals surface area contributed by atoms with Crippen LogP contribution in [-0.2, 0) is 4.79 Å². The number of hydrogen-bond donors (Lipinski definition) is 1. The lowest BCUT2D eigenvalue weighted by molar-refractivity contribution is -0.121. The van der Waals surface area contributed by atoms with Gasteiger partial charge in [0.15, 0.2) is 0 Å². The minimum Gasteiger partial charge on any atom is -0.359 e. The Labute approximate surface area is 63.0 Å². The Morgan fingerprint density at radius 3 is 2.20 bits per heavy atom. The van der Waals surface area contributed by atoms with Gasteiger partial charge in [0, 0.05) is 13.5 Å². The van der Waals surface area contributed by atoms with Gasteiger partial charge in [-0.05, 0) is 11.8 Å². The van der Waals surface area contributed by atoms with E-state index in [2.05, 4.69) is 26.1 Å². The molecule has 0 saturated heterocycles. The normalized spacial score (nSPS) is 13.3. The fraction of sp³-hybridized carbons (Fsp3) is 0.875. The second-order valence-corrected chi connectivity index (χ2v) is 3.10. The van der Waals surface area contributed by atoms with Crippen molar-refractivity contribution < 1.29 is 4.79 Å². The van der Waals surface area contributed by atoms with Crippen molar-refractivity contribution in [3.05, 3.63) is 0 Å². The molecule has 1 N–H and O–H groups in total. The minimum atomic E-state index is 0.140. The summed E-state index contributed by atoms with van der Waals surface area (Å²) in [5, 5.41) is 2.61. The fourth-order valence-corrected chi connectivity index (χ4v) is 0.630. The van der Waals surface area contributed by atoms with E-state index in [9.17, 15) is 4.79 Å². The Balaban J connectivity index is 3.57. The number of carbonyl (C=O) groups is 1. The van der Waals surface area contributed by atoms with Gasteiger partial charge < -0.3 is 5.32 Å². The van der Waals surface area contributed by atoms with Gasteiger partial charge in [0.2, 0.25) is 5.91 Å². The van der Waals surface area contributed by atoms with Crippen LogP contribution in [0.3, 0.4) is 0 Å². The van der Waals surface area contributed by atoms with Crippen molar-refractivity contribution in [2.24, 2.45) is 11.8 Å². The summed E-state index contributed by atoms with van der Waals surface area (Å²) in [4.78, 5) is 10.8. The second kappa shape index (κ2) is 4.31. The first-order valence-electron chi connectivity index (χ1n) is 3.78. The quantitative estimate of drug-likeness (QED) is 0.636. The lowest BCUT2D eigenvalue weighted by Gasteiger charge is -2.13. The molecule has 2 nitrogen and oxygen atoms in total. The number of nitrogens with one attached hydrogen (secondary N) is 1. The lowest BCUT2D eigenvalue weighted by atomic mass is 9.94. The molecule has 0 aromatic heterocycles. The van der Waals surface area contributed by atoms with Crippen LogP contribution in [-0.4, -0.2) is 13.0 Å². The van der Waals surface area contributed by atoms with E-state index in [0.29, 0.717) is 18.3 Å². The Morgan fingerprint density at radius 2 is 1.90 bits per heavy atom. The van der Waals surface area contributed by atoms with Crippen LogP contribution in [0.4, 0.5) is 0 Å². The van der Waals surface area contributed by atoms with Crippen LogP contribution in [0.5, 0.6) is 0 Å². The molecule has 1 amide bonds. The standard InChI is InChI=1S/C8H17NO/c1-6(2)7(3)5-8(10)9-4/h6-7H,5H2,1-4H3,(H,9,10)/t7-/m0/s1. The van der Waals surface area contributed by atoms with Crippen molar-refractivity contribution in [3.63, 3.8) is 0 Å². The van der Waals surface area contributed by atoms with E-state index in [0.717, 1.165) is 0 Å². The van der Waals surface area contributed by atoms with E-state index >= 15 is 0 Å². The van der Waals surface area contributed by atoms with Crippen molar-refractivity contribution in [1.82, 2.24) is 5.32 Å². The van der Waals surface area contributed by atoms with Crippen LogP contribution in [0.15, 0.2) is 0 Å². The molecule has 0 fully saturated rings. The van der Waals surface area contributed by atoms with Gasteiger partial charge in [-0.3, -0.25) is 4.79 Å². The van der Waals surface area contributed by atoms with Crippen LogP contribution in [0.25, 0.3) is 0 Å². The zero-order valence-corrected chi connectivity index (χ0v) is 7.27. The summed E-state index contributed by atoms with van der Waals surface area (Å²) in [6.07, 6.45) is 0.647. The predicted octanol–water partition coefficient (Wildman–Crippen LogP) is 1.41. The number of hydrogen-bond acceptors (Lipinski definition) is 1. The lowest BCUT2D eigenvalue weighted by Crippen LogP contribution is -2.22. The van der Waals surface area contributed by atoms with Gasteiger partial charge in [-0.2, -0.15) is 0 Å². The van der Waals surface area contributed by atoms with E-state index < -0.39 is 0 Å². The van der Waals surface area contributed by atoms with Crippen molar-refractivity contribution >= 4 is 5.91 Å². The van der Waals surface area contributed by atoms with Gasteiger partial charge in [0.1, 0.15) is 0 Å². The topological polar surface area (TPSA) is 29.1 Å². The molecule has 0 aliphatic carbocycles. The Morgan fingerprint density at radius 1 is 1.40 bits per heavy atom. The molecule has 0 bridgehead atoms. The maximum absolute atomic E-state index is 10.8. The molecule has 0 unspecified atom stereocenters. The molecule has 0 radical (unpaired) electrons. The van der Waals surface area contributed by atoms with Gasteiger partial charge in [-0.1, -0.05) is 20.8 Å². The van der Waals surface area contributed by atoms with Gasteiger partial charge in [-0.15, -0.1) is 0 Å². The van der Waals surface area contributed by atoms with Crippen LogP contribution in [0.2, 0.25) is 0 Å². The summed E-state index contributed by atoms with van der Waals surface area (Å²) < 4.78 is 0. The average Bonchev–Trinajstić information content (AvgIpc) is 1.87.